The van der Waals surface area contributed by atoms with Crippen LogP contribution in [0.15, 0.2) is 42.6 Å². The third-order valence-corrected chi connectivity index (χ3v) is 4.40. The first-order valence-electron chi connectivity index (χ1n) is 8.45. The van der Waals surface area contributed by atoms with Crippen molar-refractivity contribution in [3.8, 4) is 5.75 Å². The lowest BCUT2D eigenvalue weighted by molar-refractivity contribution is 0.0955. The fraction of sp³-hybridized carbons (Fsp3) is 0.368. The number of carbonyl (C=O) groups excluding carboxylic acids is 1. The predicted octanol–water partition coefficient (Wildman–Crippen LogP) is 2.15. The highest BCUT2D eigenvalue weighted by Gasteiger charge is 2.33. The quantitative estimate of drug-likeness (QED) is 0.872. The fourth-order valence-electron chi connectivity index (χ4n) is 3.18. The number of amides is 1. The minimum Gasteiger partial charge on any atom is -0.497 e. The number of anilines is 1. The first-order valence-corrected chi connectivity index (χ1v) is 8.45. The van der Waals surface area contributed by atoms with E-state index in [1.807, 2.05) is 37.3 Å². The third kappa shape index (κ3) is 3.74. The van der Waals surface area contributed by atoms with Crippen LogP contribution in [0.1, 0.15) is 35.3 Å². The van der Waals surface area contributed by atoms with Crippen molar-refractivity contribution in [3.63, 3.8) is 0 Å². The van der Waals surface area contributed by atoms with E-state index < -0.39 is 6.10 Å². The maximum atomic E-state index is 11.9. The topological polar surface area (TPSA) is 74.7 Å². The van der Waals surface area contributed by atoms with Crippen LogP contribution in [-0.2, 0) is 0 Å². The maximum absolute atomic E-state index is 11.9. The monoisotopic (exact) mass is 341 g/mol. The van der Waals surface area contributed by atoms with Gasteiger partial charge in [-0.2, -0.15) is 0 Å². The number of nitrogens with one attached hydrogen (secondary N) is 1. The number of methoxy groups -OCH3 is 1. The SMILES string of the molecule is CCNC(=O)c1ccc(N2C[C@H](O)C[C@H]2c2cccc(OC)c2)nc1. The summed E-state index contributed by atoms with van der Waals surface area (Å²) < 4.78 is 5.31. The molecule has 0 unspecified atom stereocenters. The van der Waals surface area contributed by atoms with Crippen molar-refractivity contribution >= 4 is 11.7 Å². The van der Waals surface area contributed by atoms with Gasteiger partial charge in [0.05, 0.1) is 24.8 Å². The minimum atomic E-state index is -0.416. The average molecular weight is 341 g/mol. The molecule has 1 saturated heterocycles. The van der Waals surface area contributed by atoms with Crippen molar-refractivity contribution in [3.05, 3.63) is 53.7 Å². The normalized spacial score (nSPS) is 19.7. The van der Waals surface area contributed by atoms with E-state index >= 15 is 0 Å². The Morgan fingerprint density at radius 2 is 2.24 bits per heavy atom. The first-order chi connectivity index (χ1) is 12.1. The molecule has 0 radical (unpaired) electrons. The van der Waals surface area contributed by atoms with Crippen LogP contribution < -0.4 is 15.0 Å². The van der Waals surface area contributed by atoms with Crippen molar-refractivity contribution in [2.45, 2.75) is 25.5 Å². The molecular formula is C19H23N3O3. The van der Waals surface area contributed by atoms with Crippen LogP contribution in [0.5, 0.6) is 5.75 Å². The Kier molecular flexibility index (Phi) is 5.19. The van der Waals surface area contributed by atoms with Gasteiger partial charge in [-0.05, 0) is 43.2 Å². The Balaban J connectivity index is 1.85. The van der Waals surface area contributed by atoms with Crippen molar-refractivity contribution in [1.29, 1.82) is 0 Å². The molecule has 132 valence electrons. The second-order valence-electron chi connectivity index (χ2n) is 6.10. The second kappa shape index (κ2) is 7.53. The molecule has 1 aromatic heterocycles. The van der Waals surface area contributed by atoms with Gasteiger partial charge in [-0.25, -0.2) is 4.98 Å². The molecule has 1 amide bonds. The Labute approximate surface area is 147 Å². The van der Waals surface area contributed by atoms with Gasteiger partial charge >= 0.3 is 0 Å². The fourth-order valence-corrected chi connectivity index (χ4v) is 3.18. The highest BCUT2D eigenvalue weighted by molar-refractivity contribution is 5.94. The molecule has 1 aliphatic heterocycles. The van der Waals surface area contributed by atoms with E-state index in [0.717, 1.165) is 17.1 Å². The molecule has 0 aliphatic carbocycles. The van der Waals surface area contributed by atoms with E-state index in [1.165, 1.54) is 0 Å². The molecule has 6 nitrogen and oxygen atoms in total. The largest absolute Gasteiger partial charge is 0.497 e. The van der Waals surface area contributed by atoms with E-state index in [2.05, 4.69) is 15.2 Å². The van der Waals surface area contributed by atoms with E-state index in [9.17, 15) is 9.90 Å². The van der Waals surface area contributed by atoms with Gasteiger partial charge in [0.1, 0.15) is 11.6 Å². The molecule has 1 aromatic carbocycles. The Hall–Kier alpha value is -2.60. The van der Waals surface area contributed by atoms with Gasteiger partial charge in [-0.15, -0.1) is 0 Å². The summed E-state index contributed by atoms with van der Waals surface area (Å²) in [5.41, 5.74) is 1.61. The van der Waals surface area contributed by atoms with E-state index in [1.54, 1.807) is 19.4 Å². The van der Waals surface area contributed by atoms with Gasteiger partial charge in [0.25, 0.3) is 5.91 Å². The smallest absolute Gasteiger partial charge is 0.252 e. The second-order valence-corrected chi connectivity index (χ2v) is 6.10. The molecule has 2 N–H and O–H groups in total. The van der Waals surface area contributed by atoms with Crippen LogP contribution >= 0.6 is 0 Å². The predicted molar refractivity (Wildman–Crippen MR) is 95.9 cm³/mol. The number of aliphatic hydroxyl groups excluding tert-OH is 1. The van der Waals surface area contributed by atoms with Gasteiger partial charge in [0.15, 0.2) is 0 Å². The summed E-state index contributed by atoms with van der Waals surface area (Å²) in [6, 6.07) is 11.5. The lowest BCUT2D eigenvalue weighted by atomic mass is 10.0. The van der Waals surface area contributed by atoms with Crippen LogP contribution in [-0.4, -0.2) is 42.3 Å². The standard InChI is InChI=1S/C19H23N3O3/c1-3-20-19(24)14-7-8-18(21-11-14)22-12-15(23)10-17(22)13-5-4-6-16(9-13)25-2/h4-9,11,15,17,23H,3,10,12H2,1-2H3,(H,20,24)/t15-,17+/m1/s1. The summed E-state index contributed by atoms with van der Waals surface area (Å²) in [5, 5.41) is 12.9. The molecular weight excluding hydrogens is 318 g/mol. The van der Waals surface area contributed by atoms with E-state index in [-0.39, 0.29) is 11.9 Å². The molecule has 6 heteroatoms. The minimum absolute atomic E-state index is 0.0212. The van der Waals surface area contributed by atoms with Crippen molar-refractivity contribution in [2.24, 2.45) is 0 Å². The number of aliphatic hydroxyl groups is 1. The van der Waals surface area contributed by atoms with Crippen LogP contribution in [0, 0.1) is 0 Å². The molecule has 0 spiro atoms. The zero-order chi connectivity index (χ0) is 17.8. The molecule has 0 saturated carbocycles. The Bertz CT molecular complexity index is 733. The molecule has 2 aromatic rings. The van der Waals surface area contributed by atoms with Crippen molar-refractivity contribution in [1.82, 2.24) is 10.3 Å². The van der Waals surface area contributed by atoms with Crippen molar-refractivity contribution in [2.75, 3.05) is 25.1 Å². The number of hydrogen-bond donors (Lipinski definition) is 2. The molecule has 0 bridgehead atoms. The molecule has 25 heavy (non-hydrogen) atoms. The summed E-state index contributed by atoms with van der Waals surface area (Å²) in [6.45, 7) is 2.97. The average Bonchev–Trinajstić information content (AvgIpc) is 3.04. The van der Waals surface area contributed by atoms with Crippen LogP contribution in [0.25, 0.3) is 0 Å². The summed E-state index contributed by atoms with van der Waals surface area (Å²) in [5.74, 6) is 1.41. The lowest BCUT2D eigenvalue weighted by Gasteiger charge is -2.26. The summed E-state index contributed by atoms with van der Waals surface area (Å²) in [7, 11) is 1.64. The maximum Gasteiger partial charge on any atom is 0.252 e. The van der Waals surface area contributed by atoms with Gasteiger partial charge in [0.2, 0.25) is 0 Å². The summed E-state index contributed by atoms with van der Waals surface area (Å²) in [6.07, 6.45) is 1.79. The Morgan fingerprint density at radius 3 is 2.92 bits per heavy atom. The van der Waals surface area contributed by atoms with E-state index in [0.29, 0.717) is 25.1 Å². The van der Waals surface area contributed by atoms with Crippen LogP contribution in [0.3, 0.4) is 0 Å². The molecule has 2 heterocycles. The molecule has 1 aliphatic rings. The number of ether oxygens (including phenoxy) is 1. The number of aromatic nitrogens is 1. The number of hydrogen-bond acceptors (Lipinski definition) is 5. The zero-order valence-electron chi connectivity index (χ0n) is 14.5. The van der Waals surface area contributed by atoms with Crippen molar-refractivity contribution < 1.29 is 14.6 Å². The summed E-state index contributed by atoms with van der Waals surface area (Å²) in [4.78, 5) is 18.4. The van der Waals surface area contributed by atoms with Gasteiger partial charge in [-0.3, -0.25) is 4.79 Å². The number of pyridine rings is 1. The third-order valence-electron chi connectivity index (χ3n) is 4.40. The number of nitrogens with zero attached hydrogens (tertiary/aromatic N) is 2. The van der Waals surface area contributed by atoms with Crippen LogP contribution in [0.4, 0.5) is 5.82 Å². The molecule has 2 atom stereocenters. The first kappa shape index (κ1) is 17.2. The highest BCUT2D eigenvalue weighted by Crippen LogP contribution is 2.36. The van der Waals surface area contributed by atoms with E-state index in [4.69, 9.17) is 4.74 Å². The Morgan fingerprint density at radius 1 is 1.40 bits per heavy atom. The molecule has 1 fully saturated rings. The number of benzene rings is 1. The highest BCUT2D eigenvalue weighted by atomic mass is 16.5. The van der Waals surface area contributed by atoms with Crippen LogP contribution in [0.2, 0.25) is 0 Å². The van der Waals surface area contributed by atoms with Gasteiger partial charge in [0, 0.05) is 19.3 Å². The molecule has 3 rings (SSSR count). The number of β-amino-alcohol motifs (C(OH)–C–C–N with tert-alkyl or cyclic N) is 1. The van der Waals surface area contributed by atoms with Gasteiger partial charge < -0.3 is 20.1 Å². The summed E-state index contributed by atoms with van der Waals surface area (Å²) >= 11 is 0. The van der Waals surface area contributed by atoms with Gasteiger partial charge in [-0.1, -0.05) is 12.1 Å². The number of rotatable bonds is 5. The lowest BCUT2D eigenvalue weighted by Crippen LogP contribution is -2.26. The number of carbonyl (C=O) groups is 1. The zero-order valence-corrected chi connectivity index (χ0v) is 14.5.